The number of carboxylic acids is 1. The van der Waals surface area contributed by atoms with Gasteiger partial charge in [0.25, 0.3) is 0 Å². The molecule has 0 fully saturated rings. The Bertz CT molecular complexity index is 951. The van der Waals surface area contributed by atoms with E-state index in [1.165, 1.54) is 24.3 Å². The molecule has 4 nitrogen and oxygen atoms in total. The Balaban J connectivity index is 2.45. The van der Waals surface area contributed by atoms with Gasteiger partial charge in [0.2, 0.25) is 0 Å². The van der Waals surface area contributed by atoms with Crippen LogP contribution in [0.2, 0.25) is 0 Å². The van der Waals surface area contributed by atoms with Crippen molar-refractivity contribution in [3.63, 3.8) is 0 Å². The number of fused-ring (bicyclic) bond motifs is 1. The summed E-state index contributed by atoms with van der Waals surface area (Å²) in [5.41, 5.74) is -2.38. The molecule has 0 spiro atoms. The van der Waals surface area contributed by atoms with E-state index in [1.54, 1.807) is 12.1 Å². The van der Waals surface area contributed by atoms with Crippen LogP contribution in [0, 0.1) is 0 Å². The van der Waals surface area contributed by atoms with E-state index in [0.29, 0.717) is 0 Å². The number of alkyl halides is 3. The van der Waals surface area contributed by atoms with E-state index in [2.05, 4.69) is 4.98 Å². The predicted octanol–water partition coefficient (Wildman–Crippen LogP) is 4.32. The van der Waals surface area contributed by atoms with Crippen molar-refractivity contribution in [2.75, 3.05) is 0 Å². The summed E-state index contributed by atoms with van der Waals surface area (Å²) in [6.45, 7) is 0. The molecule has 3 rings (SSSR count). The largest absolute Gasteiger partial charge is 0.507 e. The molecule has 1 heterocycles. The third-order valence-electron chi connectivity index (χ3n) is 3.57. The Labute approximate surface area is 133 Å². The first-order valence-corrected chi connectivity index (χ1v) is 6.82. The average molecular weight is 333 g/mol. The summed E-state index contributed by atoms with van der Waals surface area (Å²) in [4.78, 5) is 15.4. The van der Waals surface area contributed by atoms with E-state index < -0.39 is 40.3 Å². The predicted molar refractivity (Wildman–Crippen MR) is 80.8 cm³/mol. The quantitative estimate of drug-likeness (QED) is 0.732. The second kappa shape index (κ2) is 5.52. The SMILES string of the molecule is O=C(O)c1nc2ccccc2c(O)c1-c1ccccc1C(F)(F)F. The Morgan fingerprint density at radius 2 is 1.62 bits per heavy atom. The molecule has 0 bridgehead atoms. The zero-order chi connectivity index (χ0) is 17.5. The number of aromatic hydroxyl groups is 1. The Morgan fingerprint density at radius 3 is 2.29 bits per heavy atom. The molecule has 7 heteroatoms. The zero-order valence-electron chi connectivity index (χ0n) is 12.0. The van der Waals surface area contributed by atoms with Crippen molar-refractivity contribution in [1.82, 2.24) is 4.98 Å². The number of benzene rings is 2. The lowest BCUT2D eigenvalue weighted by Crippen LogP contribution is -2.10. The van der Waals surface area contributed by atoms with Crippen molar-refractivity contribution in [2.45, 2.75) is 6.18 Å². The highest BCUT2D eigenvalue weighted by molar-refractivity contribution is 6.03. The molecule has 0 amide bonds. The van der Waals surface area contributed by atoms with Gasteiger partial charge in [-0.25, -0.2) is 9.78 Å². The average Bonchev–Trinajstić information content (AvgIpc) is 2.54. The molecular weight excluding hydrogens is 323 g/mol. The van der Waals surface area contributed by atoms with Gasteiger partial charge in [0.15, 0.2) is 5.69 Å². The minimum Gasteiger partial charge on any atom is -0.507 e. The van der Waals surface area contributed by atoms with Crippen LogP contribution < -0.4 is 0 Å². The molecule has 122 valence electrons. The summed E-state index contributed by atoms with van der Waals surface area (Å²) in [7, 11) is 0. The lowest BCUT2D eigenvalue weighted by atomic mass is 9.95. The van der Waals surface area contributed by atoms with Crippen molar-refractivity contribution in [1.29, 1.82) is 0 Å². The molecule has 0 radical (unpaired) electrons. The van der Waals surface area contributed by atoms with E-state index in [4.69, 9.17) is 0 Å². The maximum Gasteiger partial charge on any atom is 0.417 e. The zero-order valence-corrected chi connectivity index (χ0v) is 12.0. The van der Waals surface area contributed by atoms with Gasteiger partial charge in [0, 0.05) is 10.9 Å². The van der Waals surface area contributed by atoms with Crippen molar-refractivity contribution >= 4 is 16.9 Å². The molecule has 0 atom stereocenters. The molecule has 0 aliphatic rings. The molecule has 0 saturated heterocycles. The third kappa shape index (κ3) is 2.54. The van der Waals surface area contributed by atoms with Gasteiger partial charge < -0.3 is 10.2 Å². The third-order valence-corrected chi connectivity index (χ3v) is 3.57. The number of halogens is 3. The summed E-state index contributed by atoms with van der Waals surface area (Å²) in [5, 5.41) is 20.0. The van der Waals surface area contributed by atoms with Crippen LogP contribution in [-0.4, -0.2) is 21.2 Å². The number of pyridine rings is 1. The fourth-order valence-electron chi connectivity index (χ4n) is 2.55. The number of carboxylic acid groups (broad SMARTS) is 1. The van der Waals surface area contributed by atoms with Crippen LogP contribution in [0.5, 0.6) is 5.75 Å². The minimum absolute atomic E-state index is 0.175. The summed E-state index contributed by atoms with van der Waals surface area (Å²) in [6, 6.07) is 10.6. The summed E-state index contributed by atoms with van der Waals surface area (Å²) in [6.07, 6.45) is -4.70. The van der Waals surface area contributed by atoms with Crippen molar-refractivity contribution in [2.24, 2.45) is 0 Å². The Morgan fingerprint density at radius 1 is 1.00 bits per heavy atom. The van der Waals surface area contributed by atoms with Crippen LogP contribution in [0.25, 0.3) is 22.0 Å². The topological polar surface area (TPSA) is 70.4 Å². The lowest BCUT2D eigenvalue weighted by molar-refractivity contribution is -0.137. The molecular formula is C17H10F3NO3. The van der Waals surface area contributed by atoms with Gasteiger partial charge in [-0.3, -0.25) is 0 Å². The second-order valence-corrected chi connectivity index (χ2v) is 5.05. The van der Waals surface area contributed by atoms with E-state index in [-0.39, 0.29) is 10.9 Å². The fraction of sp³-hybridized carbons (Fsp3) is 0.0588. The molecule has 0 aliphatic heterocycles. The van der Waals surface area contributed by atoms with Crippen LogP contribution in [-0.2, 0) is 6.18 Å². The first kappa shape index (κ1) is 15.8. The van der Waals surface area contributed by atoms with Crippen molar-refractivity contribution in [3.8, 4) is 16.9 Å². The molecule has 2 aromatic carbocycles. The number of carbonyl (C=O) groups is 1. The van der Waals surface area contributed by atoms with Gasteiger partial charge in [-0.15, -0.1) is 0 Å². The monoisotopic (exact) mass is 333 g/mol. The number of rotatable bonds is 2. The minimum atomic E-state index is -4.70. The molecule has 0 aliphatic carbocycles. The molecule has 0 unspecified atom stereocenters. The number of aromatic carboxylic acids is 1. The molecule has 24 heavy (non-hydrogen) atoms. The highest BCUT2D eigenvalue weighted by Crippen LogP contribution is 2.43. The maximum atomic E-state index is 13.3. The number of hydrogen-bond acceptors (Lipinski definition) is 3. The standard InChI is InChI=1S/C17H10F3NO3/c18-17(19,20)11-7-3-1-5-9(11)13-14(16(23)24)21-12-8-4-2-6-10(12)15(13)22/h1-8H,(H,21,22)(H,23,24). The van der Waals surface area contributed by atoms with Crippen LogP contribution >= 0.6 is 0 Å². The lowest BCUT2D eigenvalue weighted by Gasteiger charge is -2.16. The van der Waals surface area contributed by atoms with Crippen molar-refractivity contribution < 1.29 is 28.2 Å². The number of hydrogen-bond donors (Lipinski definition) is 2. The Kier molecular flexibility index (Phi) is 3.63. The summed E-state index contributed by atoms with van der Waals surface area (Å²) >= 11 is 0. The van der Waals surface area contributed by atoms with Crippen LogP contribution in [0.4, 0.5) is 13.2 Å². The normalized spacial score (nSPS) is 11.6. The fourth-order valence-corrected chi connectivity index (χ4v) is 2.55. The second-order valence-electron chi connectivity index (χ2n) is 5.05. The summed E-state index contributed by atoms with van der Waals surface area (Å²) < 4.78 is 39.8. The molecule has 2 N–H and O–H groups in total. The number of aromatic nitrogens is 1. The van der Waals surface area contributed by atoms with Crippen LogP contribution in [0.1, 0.15) is 16.1 Å². The van der Waals surface area contributed by atoms with Gasteiger partial charge >= 0.3 is 12.1 Å². The van der Waals surface area contributed by atoms with Gasteiger partial charge in [0.1, 0.15) is 5.75 Å². The van der Waals surface area contributed by atoms with Gasteiger partial charge in [-0.05, 0) is 18.2 Å². The Hall–Kier alpha value is -3.09. The van der Waals surface area contributed by atoms with Crippen molar-refractivity contribution in [3.05, 3.63) is 59.8 Å². The smallest absolute Gasteiger partial charge is 0.417 e. The van der Waals surface area contributed by atoms with Gasteiger partial charge in [-0.1, -0.05) is 30.3 Å². The van der Waals surface area contributed by atoms with Crippen LogP contribution in [0.15, 0.2) is 48.5 Å². The highest BCUT2D eigenvalue weighted by atomic mass is 19.4. The first-order valence-electron chi connectivity index (χ1n) is 6.82. The van der Waals surface area contributed by atoms with E-state index >= 15 is 0 Å². The van der Waals surface area contributed by atoms with Crippen LogP contribution in [0.3, 0.4) is 0 Å². The molecule has 0 saturated carbocycles. The van der Waals surface area contributed by atoms with E-state index in [1.807, 2.05) is 0 Å². The molecule has 1 aromatic heterocycles. The number of nitrogens with zero attached hydrogens (tertiary/aromatic N) is 1. The van der Waals surface area contributed by atoms with E-state index in [0.717, 1.165) is 12.1 Å². The first-order chi connectivity index (χ1) is 11.3. The maximum absolute atomic E-state index is 13.3. The highest BCUT2D eigenvalue weighted by Gasteiger charge is 2.35. The number of para-hydroxylation sites is 1. The summed E-state index contributed by atoms with van der Waals surface area (Å²) in [5.74, 6) is -2.07. The molecule has 3 aromatic rings. The van der Waals surface area contributed by atoms with E-state index in [9.17, 15) is 28.2 Å². The van der Waals surface area contributed by atoms with Gasteiger partial charge in [0.05, 0.1) is 16.6 Å². The van der Waals surface area contributed by atoms with Gasteiger partial charge in [-0.2, -0.15) is 13.2 Å².